The molecule has 6 nitrogen and oxygen atoms in total. The number of nitrogens with one attached hydrogen (secondary N) is 1. The number of rotatable bonds is 2. The second-order valence-corrected chi connectivity index (χ2v) is 7.43. The molecule has 1 aromatic carbocycles. The molecule has 2 fully saturated rings. The summed E-state index contributed by atoms with van der Waals surface area (Å²) in [5.41, 5.74) is 1.28. The Morgan fingerprint density at radius 2 is 1.76 bits per heavy atom. The van der Waals surface area contributed by atoms with Crippen LogP contribution >= 0.6 is 0 Å². The number of carbonyl (C=O) groups is 2. The predicted octanol–water partition coefficient (Wildman–Crippen LogP) is 3.02. The Morgan fingerprint density at radius 3 is 2.41 bits per heavy atom. The van der Waals surface area contributed by atoms with Crippen molar-refractivity contribution in [2.75, 3.05) is 19.6 Å². The van der Waals surface area contributed by atoms with Gasteiger partial charge in [-0.3, -0.25) is 4.79 Å². The van der Waals surface area contributed by atoms with Crippen LogP contribution in [-0.2, 0) is 16.1 Å². The van der Waals surface area contributed by atoms with Crippen molar-refractivity contribution in [2.45, 2.75) is 43.9 Å². The average molecular weight is 411 g/mol. The number of fused-ring (bicyclic) bond motifs is 1. The van der Waals surface area contributed by atoms with Gasteiger partial charge in [0.15, 0.2) is 0 Å². The first kappa shape index (κ1) is 21.2. The van der Waals surface area contributed by atoms with Crippen LogP contribution in [0.5, 0.6) is 0 Å². The number of carboxylic acids is 1. The topological polar surface area (TPSA) is 74.6 Å². The molecule has 1 aromatic heterocycles. The fourth-order valence-electron chi connectivity index (χ4n) is 4.25. The van der Waals surface area contributed by atoms with Gasteiger partial charge in [0.05, 0.1) is 0 Å². The lowest BCUT2D eigenvalue weighted by Gasteiger charge is -2.42. The van der Waals surface area contributed by atoms with Crippen LogP contribution in [0.4, 0.5) is 13.2 Å². The average Bonchev–Trinajstić information content (AvgIpc) is 3.27. The van der Waals surface area contributed by atoms with E-state index in [4.69, 9.17) is 9.90 Å². The molecule has 0 aliphatic carbocycles. The van der Waals surface area contributed by atoms with E-state index < -0.39 is 12.1 Å². The molecule has 0 atom stereocenters. The van der Waals surface area contributed by atoms with Gasteiger partial charge in [-0.1, -0.05) is 18.2 Å². The van der Waals surface area contributed by atoms with Crippen LogP contribution in [0.2, 0.25) is 0 Å². The van der Waals surface area contributed by atoms with E-state index in [9.17, 15) is 18.0 Å². The van der Waals surface area contributed by atoms with Crippen molar-refractivity contribution in [1.82, 2.24) is 14.8 Å². The number of halogens is 3. The van der Waals surface area contributed by atoms with Crippen molar-refractivity contribution in [3.8, 4) is 0 Å². The van der Waals surface area contributed by atoms with E-state index in [1.165, 1.54) is 11.8 Å². The molecule has 158 valence electrons. The maximum absolute atomic E-state index is 12.9. The molecule has 0 unspecified atom stereocenters. The van der Waals surface area contributed by atoms with Crippen molar-refractivity contribution < 1.29 is 27.9 Å². The lowest BCUT2D eigenvalue weighted by molar-refractivity contribution is -0.192. The van der Waals surface area contributed by atoms with Crippen LogP contribution in [0.3, 0.4) is 0 Å². The van der Waals surface area contributed by atoms with Crippen molar-refractivity contribution in [2.24, 2.45) is 0 Å². The summed E-state index contributed by atoms with van der Waals surface area (Å²) in [6.07, 6.45) is 1.48. The number of amides is 1. The first-order valence-corrected chi connectivity index (χ1v) is 9.58. The molecule has 0 bridgehead atoms. The van der Waals surface area contributed by atoms with Gasteiger partial charge in [-0.25, -0.2) is 4.79 Å². The van der Waals surface area contributed by atoms with Crippen molar-refractivity contribution >= 4 is 22.8 Å². The maximum Gasteiger partial charge on any atom is 0.490 e. The third kappa shape index (κ3) is 4.72. The van der Waals surface area contributed by atoms with Crippen LogP contribution in [0.25, 0.3) is 10.9 Å². The number of alkyl halides is 3. The van der Waals surface area contributed by atoms with Gasteiger partial charge in [-0.05, 0) is 56.3 Å². The van der Waals surface area contributed by atoms with Crippen LogP contribution in [0, 0.1) is 0 Å². The van der Waals surface area contributed by atoms with E-state index in [-0.39, 0.29) is 11.4 Å². The first-order chi connectivity index (χ1) is 13.7. The number of carbonyl (C=O) groups excluding carboxylic acids is 1. The van der Waals surface area contributed by atoms with E-state index in [0.29, 0.717) is 6.54 Å². The highest BCUT2D eigenvalue weighted by molar-refractivity contribution is 5.83. The molecular weight excluding hydrogens is 387 g/mol. The smallest absolute Gasteiger partial charge is 0.475 e. The zero-order chi connectivity index (χ0) is 21.1. The number of aliphatic carboxylic acids is 1. The summed E-state index contributed by atoms with van der Waals surface area (Å²) in [4.78, 5) is 24.0. The largest absolute Gasteiger partial charge is 0.490 e. The number of para-hydroxylation sites is 1. The van der Waals surface area contributed by atoms with E-state index in [1.807, 2.05) is 18.3 Å². The number of carboxylic acid groups (broad SMARTS) is 1. The van der Waals surface area contributed by atoms with Crippen LogP contribution in [-0.4, -0.2) is 57.8 Å². The van der Waals surface area contributed by atoms with Gasteiger partial charge in [0.2, 0.25) is 5.91 Å². The number of piperidine rings is 1. The van der Waals surface area contributed by atoms with Crippen molar-refractivity contribution in [3.63, 3.8) is 0 Å². The fourth-order valence-corrected chi connectivity index (χ4v) is 4.25. The lowest BCUT2D eigenvalue weighted by Crippen LogP contribution is -2.53. The minimum Gasteiger partial charge on any atom is -0.475 e. The summed E-state index contributed by atoms with van der Waals surface area (Å²) in [6, 6.07) is 10.4. The van der Waals surface area contributed by atoms with Gasteiger partial charge in [0.25, 0.3) is 0 Å². The van der Waals surface area contributed by atoms with Gasteiger partial charge in [-0.15, -0.1) is 0 Å². The van der Waals surface area contributed by atoms with Gasteiger partial charge >= 0.3 is 12.1 Å². The fraction of sp³-hybridized carbons (Fsp3) is 0.500. The zero-order valence-corrected chi connectivity index (χ0v) is 15.9. The number of likely N-dealkylation sites (tertiary alicyclic amines) is 1. The lowest BCUT2D eigenvalue weighted by atomic mass is 9.85. The summed E-state index contributed by atoms with van der Waals surface area (Å²) < 4.78 is 33.8. The Hall–Kier alpha value is -2.55. The number of hydrogen-bond donors (Lipinski definition) is 2. The molecule has 0 radical (unpaired) electrons. The van der Waals surface area contributed by atoms with Crippen LogP contribution < -0.4 is 5.32 Å². The number of aromatic nitrogens is 1. The molecule has 2 N–H and O–H groups in total. The molecule has 3 heterocycles. The highest BCUT2D eigenvalue weighted by Crippen LogP contribution is 2.37. The van der Waals surface area contributed by atoms with Crippen molar-refractivity contribution in [1.29, 1.82) is 0 Å². The number of nitrogens with zero attached hydrogens (tertiary/aromatic N) is 2. The van der Waals surface area contributed by atoms with E-state index in [0.717, 1.165) is 44.4 Å². The zero-order valence-electron chi connectivity index (χ0n) is 15.9. The standard InChI is InChI=1S/C18H23N3O.C2HF3O2/c22-17(14-20-13-6-15-4-1-2-5-16(15)20)21-12-3-7-18(21)8-10-19-11-9-18;3-2(4,5)1(6)7/h1-2,4-6,13,19H,3,7-12,14H2;(H,6,7). The Morgan fingerprint density at radius 1 is 1.10 bits per heavy atom. The molecule has 2 aliphatic rings. The second-order valence-electron chi connectivity index (χ2n) is 7.43. The molecule has 4 rings (SSSR count). The quantitative estimate of drug-likeness (QED) is 0.797. The highest BCUT2D eigenvalue weighted by Gasteiger charge is 2.43. The molecule has 2 saturated heterocycles. The Kier molecular flexibility index (Phi) is 6.16. The van der Waals surface area contributed by atoms with E-state index in [2.05, 4.69) is 33.0 Å². The Balaban J connectivity index is 0.000000298. The Labute approximate surface area is 166 Å². The molecule has 2 aliphatic heterocycles. The van der Waals surface area contributed by atoms with Gasteiger partial charge in [0, 0.05) is 23.8 Å². The second kappa shape index (κ2) is 8.44. The van der Waals surface area contributed by atoms with Crippen molar-refractivity contribution in [3.05, 3.63) is 36.5 Å². The summed E-state index contributed by atoms with van der Waals surface area (Å²) in [7, 11) is 0. The Bertz CT molecular complexity index is 872. The molecule has 0 saturated carbocycles. The van der Waals surface area contributed by atoms with Gasteiger partial charge < -0.3 is 19.9 Å². The summed E-state index contributed by atoms with van der Waals surface area (Å²) >= 11 is 0. The minimum absolute atomic E-state index is 0.130. The monoisotopic (exact) mass is 411 g/mol. The molecule has 9 heteroatoms. The van der Waals surface area contributed by atoms with E-state index in [1.54, 1.807) is 0 Å². The van der Waals surface area contributed by atoms with Gasteiger partial charge in [0.1, 0.15) is 6.54 Å². The summed E-state index contributed by atoms with van der Waals surface area (Å²) in [5, 5.41) is 11.7. The van der Waals surface area contributed by atoms with Crippen LogP contribution in [0.1, 0.15) is 25.7 Å². The molecule has 1 spiro atoms. The molecular formula is C20H24F3N3O3. The third-order valence-corrected chi connectivity index (χ3v) is 5.66. The first-order valence-electron chi connectivity index (χ1n) is 9.58. The minimum atomic E-state index is -5.08. The SMILES string of the molecule is O=C(Cn1ccc2ccccc21)N1CCCC12CCNCC2.O=C(O)C(F)(F)F. The molecule has 2 aromatic rings. The molecule has 29 heavy (non-hydrogen) atoms. The number of hydrogen-bond acceptors (Lipinski definition) is 3. The normalized spacial score (nSPS) is 18.5. The molecule has 1 amide bonds. The summed E-state index contributed by atoms with van der Waals surface area (Å²) in [6.45, 7) is 3.47. The predicted molar refractivity (Wildman–Crippen MR) is 101 cm³/mol. The maximum atomic E-state index is 12.9. The van der Waals surface area contributed by atoms with Crippen LogP contribution in [0.15, 0.2) is 36.5 Å². The highest BCUT2D eigenvalue weighted by atomic mass is 19.4. The van der Waals surface area contributed by atoms with E-state index >= 15 is 0 Å². The third-order valence-electron chi connectivity index (χ3n) is 5.66. The summed E-state index contributed by atoms with van der Waals surface area (Å²) in [5.74, 6) is -2.48. The van der Waals surface area contributed by atoms with Gasteiger partial charge in [-0.2, -0.15) is 13.2 Å². The number of benzene rings is 1.